The lowest BCUT2D eigenvalue weighted by Crippen LogP contribution is -2.03. The standard InChI is InChI=1S/C18H17FO4/c1-22-8-9-23-16-6-4-13(5-7-16)2-3-14-10-15(12-20)18(21)17(19)11-14/h2-7,10-12,21H,8-9H2,1H3/b3-2+. The number of aromatic hydroxyl groups is 1. The van der Waals surface area contributed by atoms with Crippen molar-refractivity contribution in [1.29, 1.82) is 0 Å². The highest BCUT2D eigenvalue weighted by Crippen LogP contribution is 2.23. The van der Waals surface area contributed by atoms with Crippen molar-refractivity contribution in [1.82, 2.24) is 0 Å². The average molecular weight is 316 g/mol. The number of ether oxygens (including phenoxy) is 2. The smallest absolute Gasteiger partial charge is 0.166 e. The molecule has 0 aliphatic heterocycles. The second-order valence-corrected chi connectivity index (χ2v) is 4.80. The van der Waals surface area contributed by atoms with E-state index in [1.165, 1.54) is 12.1 Å². The number of hydrogen-bond acceptors (Lipinski definition) is 4. The zero-order valence-corrected chi connectivity index (χ0v) is 12.7. The van der Waals surface area contributed by atoms with Crippen molar-refractivity contribution in [3.63, 3.8) is 0 Å². The average Bonchev–Trinajstić information content (AvgIpc) is 2.57. The number of rotatable bonds is 7. The summed E-state index contributed by atoms with van der Waals surface area (Å²) in [5.41, 5.74) is 1.31. The maximum atomic E-state index is 13.5. The van der Waals surface area contributed by atoms with Crippen molar-refractivity contribution in [2.24, 2.45) is 0 Å². The van der Waals surface area contributed by atoms with E-state index in [-0.39, 0.29) is 5.56 Å². The van der Waals surface area contributed by atoms with Gasteiger partial charge in [-0.05, 0) is 35.4 Å². The molecule has 0 radical (unpaired) electrons. The molecule has 4 nitrogen and oxygen atoms in total. The lowest BCUT2D eigenvalue weighted by atomic mass is 10.1. The van der Waals surface area contributed by atoms with Gasteiger partial charge in [-0.15, -0.1) is 0 Å². The van der Waals surface area contributed by atoms with Gasteiger partial charge in [0.15, 0.2) is 17.9 Å². The van der Waals surface area contributed by atoms with E-state index < -0.39 is 11.6 Å². The molecular weight excluding hydrogens is 299 g/mol. The molecule has 0 spiro atoms. The van der Waals surface area contributed by atoms with Crippen LogP contribution in [0.4, 0.5) is 4.39 Å². The van der Waals surface area contributed by atoms with Gasteiger partial charge in [0, 0.05) is 7.11 Å². The fourth-order valence-corrected chi connectivity index (χ4v) is 1.94. The van der Waals surface area contributed by atoms with E-state index in [4.69, 9.17) is 9.47 Å². The van der Waals surface area contributed by atoms with Gasteiger partial charge in [-0.1, -0.05) is 24.3 Å². The minimum absolute atomic E-state index is 0.0773. The van der Waals surface area contributed by atoms with Gasteiger partial charge in [0.25, 0.3) is 0 Å². The topological polar surface area (TPSA) is 55.8 Å². The van der Waals surface area contributed by atoms with Crippen LogP contribution >= 0.6 is 0 Å². The lowest BCUT2D eigenvalue weighted by molar-refractivity contribution is 0.112. The summed E-state index contributed by atoms with van der Waals surface area (Å²) in [7, 11) is 1.61. The highest BCUT2D eigenvalue weighted by Gasteiger charge is 2.07. The van der Waals surface area contributed by atoms with Crippen LogP contribution in [0.1, 0.15) is 21.5 Å². The van der Waals surface area contributed by atoms with Crippen molar-refractivity contribution >= 4 is 18.4 Å². The first kappa shape index (κ1) is 16.7. The predicted octanol–water partition coefficient (Wildman–Crippen LogP) is 3.54. The summed E-state index contributed by atoms with van der Waals surface area (Å²) in [6.45, 7) is 1.00. The molecule has 0 fully saturated rings. The van der Waals surface area contributed by atoms with E-state index >= 15 is 0 Å². The van der Waals surface area contributed by atoms with Crippen molar-refractivity contribution in [2.75, 3.05) is 20.3 Å². The minimum Gasteiger partial charge on any atom is -0.504 e. The van der Waals surface area contributed by atoms with E-state index in [1.807, 2.05) is 24.3 Å². The molecule has 2 aromatic rings. The predicted molar refractivity (Wildman–Crippen MR) is 86.2 cm³/mol. The fourth-order valence-electron chi connectivity index (χ4n) is 1.94. The van der Waals surface area contributed by atoms with Crippen LogP contribution < -0.4 is 4.74 Å². The molecule has 0 aliphatic rings. The Kier molecular flexibility index (Phi) is 5.88. The number of phenolic OH excluding ortho intramolecular Hbond substituents is 1. The number of aldehydes is 1. The third kappa shape index (κ3) is 4.66. The van der Waals surface area contributed by atoms with Crippen molar-refractivity contribution in [3.05, 3.63) is 58.9 Å². The Morgan fingerprint density at radius 2 is 1.78 bits per heavy atom. The van der Waals surface area contributed by atoms with Crippen LogP contribution in [0.5, 0.6) is 11.5 Å². The highest BCUT2D eigenvalue weighted by molar-refractivity contribution is 5.82. The van der Waals surface area contributed by atoms with Gasteiger partial charge in [0.05, 0.1) is 12.2 Å². The Morgan fingerprint density at radius 3 is 2.43 bits per heavy atom. The molecule has 0 aromatic heterocycles. The van der Waals surface area contributed by atoms with Crippen LogP contribution in [0.25, 0.3) is 12.2 Å². The first-order valence-electron chi connectivity index (χ1n) is 7.01. The molecule has 0 bridgehead atoms. The zero-order valence-electron chi connectivity index (χ0n) is 12.7. The summed E-state index contributed by atoms with van der Waals surface area (Å²) in [5.74, 6) is -0.719. The normalized spacial score (nSPS) is 10.9. The van der Waals surface area contributed by atoms with E-state index in [2.05, 4.69) is 0 Å². The molecule has 0 atom stereocenters. The maximum Gasteiger partial charge on any atom is 0.166 e. The number of phenols is 1. The second-order valence-electron chi connectivity index (χ2n) is 4.80. The van der Waals surface area contributed by atoms with E-state index in [1.54, 1.807) is 19.3 Å². The van der Waals surface area contributed by atoms with Gasteiger partial charge in [-0.3, -0.25) is 4.79 Å². The SMILES string of the molecule is COCCOc1ccc(/C=C/c2cc(F)c(O)c(C=O)c2)cc1. The Hall–Kier alpha value is -2.66. The quantitative estimate of drug-likeness (QED) is 0.482. The number of halogens is 1. The Labute approximate surface area is 133 Å². The van der Waals surface area contributed by atoms with E-state index in [0.29, 0.717) is 25.1 Å². The molecule has 0 aliphatic carbocycles. The first-order chi connectivity index (χ1) is 11.1. The van der Waals surface area contributed by atoms with Crippen LogP contribution in [0.3, 0.4) is 0 Å². The number of carbonyl (C=O) groups is 1. The monoisotopic (exact) mass is 316 g/mol. The van der Waals surface area contributed by atoms with Crippen molar-refractivity contribution < 1.29 is 23.8 Å². The third-order valence-electron chi connectivity index (χ3n) is 3.15. The Balaban J connectivity index is 2.08. The van der Waals surface area contributed by atoms with E-state index in [9.17, 15) is 14.3 Å². The molecule has 1 N–H and O–H groups in total. The molecule has 23 heavy (non-hydrogen) atoms. The number of methoxy groups -OCH3 is 1. The third-order valence-corrected chi connectivity index (χ3v) is 3.15. The van der Waals surface area contributed by atoms with Gasteiger partial charge in [0.2, 0.25) is 0 Å². The fraction of sp³-hybridized carbons (Fsp3) is 0.167. The maximum absolute atomic E-state index is 13.5. The van der Waals surface area contributed by atoms with Crippen LogP contribution in [0.2, 0.25) is 0 Å². The number of carbonyl (C=O) groups excluding carboxylic acids is 1. The van der Waals surface area contributed by atoms with Gasteiger partial charge in [-0.2, -0.15) is 0 Å². The van der Waals surface area contributed by atoms with E-state index in [0.717, 1.165) is 11.3 Å². The van der Waals surface area contributed by atoms with Crippen LogP contribution in [-0.4, -0.2) is 31.7 Å². The largest absolute Gasteiger partial charge is 0.504 e. The molecule has 2 rings (SSSR count). The van der Waals surface area contributed by atoms with Gasteiger partial charge in [-0.25, -0.2) is 4.39 Å². The summed E-state index contributed by atoms with van der Waals surface area (Å²) in [6, 6.07) is 9.95. The minimum atomic E-state index is -0.823. The molecule has 0 saturated heterocycles. The van der Waals surface area contributed by atoms with Crippen molar-refractivity contribution in [2.45, 2.75) is 0 Å². The summed E-state index contributed by atoms with van der Waals surface area (Å²) in [4.78, 5) is 10.8. The van der Waals surface area contributed by atoms with Crippen molar-refractivity contribution in [3.8, 4) is 11.5 Å². The van der Waals surface area contributed by atoms with Crippen LogP contribution in [0, 0.1) is 5.82 Å². The highest BCUT2D eigenvalue weighted by atomic mass is 19.1. The van der Waals surface area contributed by atoms with Crippen LogP contribution in [0.15, 0.2) is 36.4 Å². The zero-order chi connectivity index (χ0) is 16.7. The molecule has 0 saturated carbocycles. The molecule has 0 amide bonds. The molecule has 0 unspecified atom stereocenters. The second kappa shape index (κ2) is 8.10. The first-order valence-corrected chi connectivity index (χ1v) is 7.01. The lowest BCUT2D eigenvalue weighted by Gasteiger charge is -2.05. The summed E-state index contributed by atoms with van der Waals surface area (Å²) in [6.07, 6.45) is 3.86. The number of hydrogen-bond donors (Lipinski definition) is 1. The Morgan fingerprint density at radius 1 is 1.09 bits per heavy atom. The van der Waals surface area contributed by atoms with Gasteiger partial charge >= 0.3 is 0 Å². The number of benzene rings is 2. The van der Waals surface area contributed by atoms with Gasteiger partial charge < -0.3 is 14.6 Å². The molecule has 2 aromatic carbocycles. The summed E-state index contributed by atoms with van der Waals surface area (Å²) < 4.78 is 23.8. The Bertz CT molecular complexity index is 693. The summed E-state index contributed by atoms with van der Waals surface area (Å²) in [5, 5.41) is 9.37. The molecule has 0 heterocycles. The molecule has 5 heteroatoms. The van der Waals surface area contributed by atoms with Crippen LogP contribution in [-0.2, 0) is 4.74 Å². The summed E-state index contributed by atoms with van der Waals surface area (Å²) >= 11 is 0. The molecule has 120 valence electrons. The van der Waals surface area contributed by atoms with Gasteiger partial charge in [0.1, 0.15) is 12.4 Å². The molecular formula is C18H17FO4.